The molecule has 150 valence electrons. The summed E-state index contributed by atoms with van der Waals surface area (Å²) in [6.45, 7) is 0. The van der Waals surface area contributed by atoms with Crippen molar-refractivity contribution in [3.63, 3.8) is 0 Å². The van der Waals surface area contributed by atoms with Crippen LogP contribution in [0.1, 0.15) is 47.2 Å². The summed E-state index contributed by atoms with van der Waals surface area (Å²) in [5.41, 5.74) is -1.47. The monoisotopic (exact) mass is 399 g/mol. The van der Waals surface area contributed by atoms with Crippen molar-refractivity contribution in [3.8, 4) is 5.75 Å². The molecular weight excluding hydrogens is 381 g/mol. The molecule has 0 saturated heterocycles. The number of carbonyl (C=O) groups excluding carboxylic acids is 1. The van der Waals surface area contributed by atoms with Gasteiger partial charge < -0.3 is 14.6 Å². The van der Waals surface area contributed by atoms with Gasteiger partial charge in [0.1, 0.15) is 11.4 Å². The van der Waals surface area contributed by atoms with Crippen molar-refractivity contribution in [2.45, 2.75) is 37.5 Å². The lowest BCUT2D eigenvalue weighted by Crippen LogP contribution is -2.31. The van der Waals surface area contributed by atoms with Crippen molar-refractivity contribution in [1.82, 2.24) is 0 Å². The Kier molecular flexibility index (Phi) is 4.73. The molecule has 1 saturated carbocycles. The summed E-state index contributed by atoms with van der Waals surface area (Å²) in [5, 5.41) is 13.1. The van der Waals surface area contributed by atoms with E-state index < -0.39 is 29.1 Å². The number of hydrogen-bond acceptors (Lipinski definition) is 3. The van der Waals surface area contributed by atoms with Gasteiger partial charge in [-0.05, 0) is 48.6 Å². The molecule has 6 heteroatoms. The summed E-state index contributed by atoms with van der Waals surface area (Å²) in [5.74, 6) is -2.02. The van der Waals surface area contributed by atoms with Gasteiger partial charge in [-0.1, -0.05) is 48.5 Å². The first-order chi connectivity index (χ1) is 13.8. The van der Waals surface area contributed by atoms with Crippen molar-refractivity contribution in [2.75, 3.05) is 0 Å². The van der Waals surface area contributed by atoms with Crippen LogP contribution in [-0.4, -0.2) is 5.97 Å². The van der Waals surface area contributed by atoms with Gasteiger partial charge in [0.25, 0.3) is 0 Å². The lowest BCUT2D eigenvalue weighted by Gasteiger charge is -2.33. The predicted molar refractivity (Wildman–Crippen MR) is 100 cm³/mol. The van der Waals surface area contributed by atoms with E-state index in [1.807, 2.05) is 42.5 Å². The average Bonchev–Trinajstić information content (AvgIpc) is 3.16. The molecule has 1 fully saturated rings. The van der Waals surface area contributed by atoms with E-state index in [1.165, 1.54) is 0 Å². The third-order valence-electron chi connectivity index (χ3n) is 5.52. The molecule has 3 nitrogen and oxygen atoms in total. The maximum atomic E-state index is 13.6. The number of benzene rings is 3. The third-order valence-corrected chi connectivity index (χ3v) is 5.52. The highest BCUT2D eigenvalue weighted by Crippen LogP contribution is 2.47. The summed E-state index contributed by atoms with van der Waals surface area (Å²) < 4.78 is 46.9. The second kappa shape index (κ2) is 7.10. The van der Waals surface area contributed by atoms with Gasteiger partial charge >= 0.3 is 6.18 Å². The topological polar surface area (TPSA) is 49.4 Å². The van der Waals surface area contributed by atoms with Crippen LogP contribution in [-0.2, 0) is 11.8 Å². The number of aromatic carboxylic acids is 1. The zero-order chi connectivity index (χ0) is 20.6. The molecule has 3 aromatic carbocycles. The Hall–Kier alpha value is -3.02. The second-order valence-electron chi connectivity index (χ2n) is 7.33. The molecule has 0 unspecified atom stereocenters. The summed E-state index contributed by atoms with van der Waals surface area (Å²) in [6.07, 6.45) is -1.95. The third kappa shape index (κ3) is 3.55. The Bertz CT molecular complexity index is 1060. The first-order valence-corrected chi connectivity index (χ1v) is 9.40. The standard InChI is InChI=1S/C23H19F3O3/c24-23(25,26)19-11-10-16(21(27)28)14-20(19)29-22(12-3-4-13-22)18-9-5-7-15-6-1-2-8-17(15)18/h1-2,5-11,14H,3-4,12-13H2,(H,27,28)/p-1. The molecule has 3 aromatic rings. The number of rotatable bonds is 4. The Morgan fingerprint density at radius 3 is 2.34 bits per heavy atom. The number of alkyl halides is 3. The van der Waals surface area contributed by atoms with E-state index >= 15 is 0 Å². The van der Waals surface area contributed by atoms with E-state index in [2.05, 4.69) is 0 Å². The number of carbonyl (C=O) groups is 1. The van der Waals surface area contributed by atoms with E-state index in [4.69, 9.17) is 4.74 Å². The predicted octanol–water partition coefficient (Wildman–Crippen LogP) is 5.07. The Morgan fingerprint density at radius 2 is 1.66 bits per heavy atom. The summed E-state index contributed by atoms with van der Waals surface area (Å²) in [7, 11) is 0. The molecule has 0 aliphatic heterocycles. The maximum absolute atomic E-state index is 13.6. The first-order valence-electron chi connectivity index (χ1n) is 9.40. The lowest BCUT2D eigenvalue weighted by molar-refractivity contribution is -0.255. The van der Waals surface area contributed by atoms with E-state index in [9.17, 15) is 23.1 Å². The van der Waals surface area contributed by atoms with Crippen LogP contribution in [0, 0.1) is 0 Å². The van der Waals surface area contributed by atoms with Gasteiger partial charge in [0.05, 0.1) is 11.5 Å². The van der Waals surface area contributed by atoms with E-state index in [0.717, 1.165) is 47.4 Å². The van der Waals surface area contributed by atoms with Crippen LogP contribution in [0.4, 0.5) is 13.2 Å². The number of fused-ring (bicyclic) bond motifs is 1. The molecule has 0 amide bonds. The van der Waals surface area contributed by atoms with Gasteiger partial charge in [0, 0.05) is 11.1 Å². The molecule has 0 N–H and O–H groups in total. The minimum Gasteiger partial charge on any atom is -0.545 e. The first kappa shape index (κ1) is 19.3. The fourth-order valence-electron chi connectivity index (χ4n) is 4.17. The van der Waals surface area contributed by atoms with E-state index in [-0.39, 0.29) is 5.56 Å². The molecule has 1 aliphatic carbocycles. The highest BCUT2D eigenvalue weighted by atomic mass is 19.4. The van der Waals surface area contributed by atoms with Crippen molar-refractivity contribution in [1.29, 1.82) is 0 Å². The molecular formula is C23H18F3O3-. The molecule has 1 aliphatic rings. The van der Waals surface area contributed by atoms with E-state index in [0.29, 0.717) is 12.8 Å². The lowest BCUT2D eigenvalue weighted by atomic mass is 9.87. The Labute approximate surface area is 165 Å². The van der Waals surface area contributed by atoms with Gasteiger partial charge in [-0.25, -0.2) is 0 Å². The molecule has 0 bridgehead atoms. The van der Waals surface area contributed by atoms with Crippen molar-refractivity contribution in [3.05, 3.63) is 77.4 Å². The van der Waals surface area contributed by atoms with Crippen molar-refractivity contribution in [2.24, 2.45) is 0 Å². The maximum Gasteiger partial charge on any atom is 0.419 e. The van der Waals surface area contributed by atoms with E-state index in [1.54, 1.807) is 0 Å². The van der Waals surface area contributed by atoms with Crippen LogP contribution in [0.15, 0.2) is 60.7 Å². The largest absolute Gasteiger partial charge is 0.545 e. The highest BCUT2D eigenvalue weighted by molar-refractivity contribution is 5.87. The van der Waals surface area contributed by atoms with Gasteiger partial charge in [0.2, 0.25) is 0 Å². The van der Waals surface area contributed by atoms with Gasteiger partial charge in [-0.3, -0.25) is 0 Å². The fourth-order valence-corrected chi connectivity index (χ4v) is 4.17. The van der Waals surface area contributed by atoms with Crippen LogP contribution < -0.4 is 9.84 Å². The summed E-state index contributed by atoms with van der Waals surface area (Å²) in [6, 6.07) is 15.9. The average molecular weight is 399 g/mol. The number of halogens is 3. The summed E-state index contributed by atoms with van der Waals surface area (Å²) >= 11 is 0. The Balaban J connectivity index is 1.88. The number of hydrogen-bond donors (Lipinski definition) is 0. The molecule has 0 heterocycles. The van der Waals surface area contributed by atoms with Crippen LogP contribution >= 0.6 is 0 Å². The van der Waals surface area contributed by atoms with Crippen LogP contribution in [0.2, 0.25) is 0 Å². The minimum atomic E-state index is -4.67. The second-order valence-corrected chi connectivity index (χ2v) is 7.33. The fraction of sp³-hybridized carbons (Fsp3) is 0.261. The summed E-state index contributed by atoms with van der Waals surface area (Å²) in [4.78, 5) is 11.2. The smallest absolute Gasteiger partial charge is 0.419 e. The molecule has 0 spiro atoms. The molecule has 29 heavy (non-hydrogen) atoms. The molecule has 4 rings (SSSR count). The number of carboxylic acid groups (broad SMARTS) is 1. The van der Waals surface area contributed by atoms with Gasteiger partial charge in [-0.15, -0.1) is 0 Å². The van der Waals surface area contributed by atoms with Crippen LogP contribution in [0.3, 0.4) is 0 Å². The zero-order valence-corrected chi connectivity index (χ0v) is 15.5. The highest BCUT2D eigenvalue weighted by Gasteiger charge is 2.42. The van der Waals surface area contributed by atoms with Crippen molar-refractivity contribution < 1.29 is 27.8 Å². The zero-order valence-electron chi connectivity index (χ0n) is 15.5. The molecule has 0 aromatic heterocycles. The van der Waals surface area contributed by atoms with Crippen LogP contribution in [0.25, 0.3) is 10.8 Å². The van der Waals surface area contributed by atoms with Gasteiger partial charge in [-0.2, -0.15) is 13.2 Å². The van der Waals surface area contributed by atoms with Gasteiger partial charge in [0.15, 0.2) is 0 Å². The SMILES string of the molecule is O=C([O-])c1ccc(C(F)(F)F)c(OC2(c3cccc4ccccc34)CCCC2)c1. The van der Waals surface area contributed by atoms with Crippen LogP contribution in [0.5, 0.6) is 5.75 Å². The molecule has 0 radical (unpaired) electrons. The van der Waals surface area contributed by atoms with Crippen molar-refractivity contribution >= 4 is 16.7 Å². The number of ether oxygens (including phenoxy) is 1. The normalized spacial score (nSPS) is 16.1. The Morgan fingerprint density at radius 1 is 0.966 bits per heavy atom. The quantitative estimate of drug-likeness (QED) is 0.615. The minimum absolute atomic E-state index is 0.348. The number of carboxylic acids is 1. The molecule has 0 atom stereocenters.